The summed E-state index contributed by atoms with van der Waals surface area (Å²) in [5.74, 6) is -0.120. The quantitative estimate of drug-likeness (QED) is 0.582. The fourth-order valence-electron chi connectivity index (χ4n) is 2.42. The Balaban J connectivity index is 1.85. The highest BCUT2D eigenvalue weighted by Gasteiger charge is 2.26. The van der Waals surface area contributed by atoms with Gasteiger partial charge in [0.25, 0.3) is 5.91 Å². The zero-order valence-corrected chi connectivity index (χ0v) is 15.4. The first kappa shape index (κ1) is 19.5. The number of aryl methyl sites for hydroxylation is 1. The molecule has 1 amide bonds. The molecule has 0 aromatic heterocycles. The maximum Gasteiger partial charge on any atom is 0.329 e. The molecular formula is C21H25NO4. The minimum absolute atomic E-state index is 0.0914. The van der Waals surface area contributed by atoms with E-state index in [2.05, 4.69) is 5.32 Å². The SMILES string of the molecule is Cc1cccc(C(=O)NC(C(=O)OCCOc2ccccc2)C(C)C)c1. The minimum atomic E-state index is -0.709. The minimum Gasteiger partial charge on any atom is -0.490 e. The maximum atomic E-state index is 12.4. The molecule has 2 rings (SSSR count). The average molecular weight is 355 g/mol. The van der Waals surface area contributed by atoms with Crippen molar-refractivity contribution in [1.29, 1.82) is 0 Å². The Morgan fingerprint density at radius 3 is 2.38 bits per heavy atom. The lowest BCUT2D eigenvalue weighted by molar-refractivity contribution is -0.147. The summed E-state index contributed by atoms with van der Waals surface area (Å²) in [5.41, 5.74) is 1.51. The zero-order valence-electron chi connectivity index (χ0n) is 15.4. The third-order valence-electron chi connectivity index (χ3n) is 3.83. The second-order valence-corrected chi connectivity index (χ2v) is 6.39. The molecule has 0 aliphatic heterocycles. The number of benzene rings is 2. The van der Waals surface area contributed by atoms with Crippen LogP contribution in [0.15, 0.2) is 54.6 Å². The lowest BCUT2D eigenvalue weighted by Crippen LogP contribution is -2.45. The van der Waals surface area contributed by atoms with Crippen LogP contribution in [0.3, 0.4) is 0 Å². The number of esters is 1. The number of ether oxygens (including phenoxy) is 2. The molecule has 0 spiro atoms. The van der Waals surface area contributed by atoms with E-state index >= 15 is 0 Å². The van der Waals surface area contributed by atoms with Crippen LogP contribution in [-0.4, -0.2) is 31.1 Å². The number of rotatable bonds is 8. The molecule has 1 unspecified atom stereocenters. The first-order valence-electron chi connectivity index (χ1n) is 8.69. The first-order valence-corrected chi connectivity index (χ1v) is 8.69. The lowest BCUT2D eigenvalue weighted by atomic mass is 10.0. The Labute approximate surface area is 154 Å². The Morgan fingerprint density at radius 1 is 1.00 bits per heavy atom. The van der Waals surface area contributed by atoms with E-state index in [-0.39, 0.29) is 25.0 Å². The van der Waals surface area contributed by atoms with Gasteiger partial charge < -0.3 is 14.8 Å². The molecule has 0 bridgehead atoms. The third kappa shape index (κ3) is 5.92. The van der Waals surface area contributed by atoms with Gasteiger partial charge >= 0.3 is 5.97 Å². The van der Waals surface area contributed by atoms with Crippen molar-refractivity contribution in [2.24, 2.45) is 5.92 Å². The molecule has 0 saturated carbocycles. The Kier molecular flexibility index (Phi) is 7.21. The summed E-state index contributed by atoms with van der Waals surface area (Å²) in [6.45, 7) is 6.02. The van der Waals surface area contributed by atoms with Gasteiger partial charge in [0.05, 0.1) is 0 Å². The van der Waals surface area contributed by atoms with Gasteiger partial charge in [-0.25, -0.2) is 4.79 Å². The molecular weight excluding hydrogens is 330 g/mol. The number of nitrogens with one attached hydrogen (secondary N) is 1. The molecule has 0 radical (unpaired) electrons. The molecule has 26 heavy (non-hydrogen) atoms. The predicted molar refractivity (Wildman–Crippen MR) is 100 cm³/mol. The van der Waals surface area contributed by atoms with E-state index in [1.54, 1.807) is 12.1 Å². The summed E-state index contributed by atoms with van der Waals surface area (Å²) < 4.78 is 10.8. The molecule has 2 aromatic carbocycles. The van der Waals surface area contributed by atoms with E-state index in [4.69, 9.17) is 9.47 Å². The number of para-hydroxylation sites is 1. The van der Waals surface area contributed by atoms with Crippen molar-refractivity contribution in [2.45, 2.75) is 26.8 Å². The van der Waals surface area contributed by atoms with Gasteiger partial charge in [0.15, 0.2) is 0 Å². The van der Waals surface area contributed by atoms with E-state index in [0.717, 1.165) is 11.3 Å². The molecule has 0 fully saturated rings. The van der Waals surface area contributed by atoms with Crippen LogP contribution in [-0.2, 0) is 9.53 Å². The third-order valence-corrected chi connectivity index (χ3v) is 3.83. The van der Waals surface area contributed by atoms with Crippen LogP contribution < -0.4 is 10.1 Å². The molecule has 5 nitrogen and oxygen atoms in total. The van der Waals surface area contributed by atoms with Crippen molar-refractivity contribution in [3.05, 3.63) is 65.7 Å². The van der Waals surface area contributed by atoms with Crippen molar-refractivity contribution in [3.8, 4) is 5.75 Å². The van der Waals surface area contributed by atoms with Crippen LogP contribution in [0.5, 0.6) is 5.75 Å². The lowest BCUT2D eigenvalue weighted by Gasteiger charge is -2.21. The molecule has 0 aliphatic carbocycles. The highest BCUT2D eigenvalue weighted by molar-refractivity contribution is 5.97. The van der Waals surface area contributed by atoms with Gasteiger partial charge in [-0.15, -0.1) is 0 Å². The number of amides is 1. The van der Waals surface area contributed by atoms with Crippen LogP contribution in [0, 0.1) is 12.8 Å². The van der Waals surface area contributed by atoms with Crippen LogP contribution in [0.4, 0.5) is 0 Å². The van der Waals surface area contributed by atoms with Crippen LogP contribution in [0.25, 0.3) is 0 Å². The van der Waals surface area contributed by atoms with Crippen LogP contribution in [0.2, 0.25) is 0 Å². The smallest absolute Gasteiger partial charge is 0.329 e. The fraction of sp³-hybridized carbons (Fsp3) is 0.333. The molecule has 138 valence electrons. The van der Waals surface area contributed by atoms with Crippen molar-refractivity contribution in [1.82, 2.24) is 5.32 Å². The fourth-order valence-corrected chi connectivity index (χ4v) is 2.42. The van der Waals surface area contributed by atoms with Gasteiger partial charge in [-0.2, -0.15) is 0 Å². The second-order valence-electron chi connectivity index (χ2n) is 6.39. The number of hydrogen-bond donors (Lipinski definition) is 1. The van der Waals surface area contributed by atoms with Gasteiger partial charge in [0.1, 0.15) is 25.0 Å². The van der Waals surface area contributed by atoms with Gasteiger partial charge in [-0.05, 0) is 37.1 Å². The Morgan fingerprint density at radius 2 is 1.73 bits per heavy atom. The summed E-state index contributed by atoms with van der Waals surface area (Å²) in [7, 11) is 0. The monoisotopic (exact) mass is 355 g/mol. The van der Waals surface area contributed by atoms with Crippen LogP contribution in [0.1, 0.15) is 29.8 Å². The summed E-state index contributed by atoms with van der Waals surface area (Å²) in [5, 5.41) is 2.76. The molecule has 0 heterocycles. The molecule has 1 atom stereocenters. The number of carbonyl (C=O) groups is 2. The molecule has 0 saturated heterocycles. The van der Waals surface area contributed by atoms with E-state index in [9.17, 15) is 9.59 Å². The van der Waals surface area contributed by atoms with Crippen molar-refractivity contribution in [2.75, 3.05) is 13.2 Å². The van der Waals surface area contributed by atoms with E-state index < -0.39 is 12.0 Å². The molecule has 2 aromatic rings. The standard InChI is InChI=1S/C21H25NO4/c1-15(2)19(22-20(23)17-9-7-8-16(3)14-17)21(24)26-13-12-25-18-10-5-4-6-11-18/h4-11,14-15,19H,12-13H2,1-3H3,(H,22,23). The first-order chi connectivity index (χ1) is 12.5. The van der Waals surface area contributed by atoms with Crippen molar-refractivity contribution < 1.29 is 19.1 Å². The van der Waals surface area contributed by atoms with Crippen molar-refractivity contribution >= 4 is 11.9 Å². The van der Waals surface area contributed by atoms with E-state index in [1.165, 1.54) is 0 Å². The zero-order chi connectivity index (χ0) is 18.9. The van der Waals surface area contributed by atoms with Gasteiger partial charge in [-0.3, -0.25) is 4.79 Å². The Hall–Kier alpha value is -2.82. The van der Waals surface area contributed by atoms with Gasteiger partial charge in [0, 0.05) is 5.56 Å². The number of carbonyl (C=O) groups excluding carboxylic acids is 2. The largest absolute Gasteiger partial charge is 0.490 e. The maximum absolute atomic E-state index is 12.4. The second kappa shape index (κ2) is 9.61. The molecule has 1 N–H and O–H groups in total. The Bertz CT molecular complexity index is 728. The summed E-state index contributed by atoms with van der Waals surface area (Å²) in [6.07, 6.45) is 0. The van der Waals surface area contributed by atoms with Crippen LogP contribution >= 0.6 is 0 Å². The highest BCUT2D eigenvalue weighted by atomic mass is 16.6. The normalized spacial score (nSPS) is 11.7. The average Bonchev–Trinajstić information content (AvgIpc) is 2.63. The van der Waals surface area contributed by atoms with E-state index in [0.29, 0.717) is 5.56 Å². The van der Waals surface area contributed by atoms with Gasteiger partial charge in [-0.1, -0.05) is 49.7 Å². The summed E-state index contributed by atoms with van der Waals surface area (Å²) in [4.78, 5) is 24.7. The van der Waals surface area contributed by atoms with E-state index in [1.807, 2.05) is 63.2 Å². The topological polar surface area (TPSA) is 64.6 Å². The number of hydrogen-bond acceptors (Lipinski definition) is 4. The summed E-state index contributed by atoms with van der Waals surface area (Å²) in [6, 6.07) is 15.8. The molecule has 0 aliphatic rings. The summed E-state index contributed by atoms with van der Waals surface area (Å²) >= 11 is 0. The predicted octanol–water partition coefficient (Wildman–Crippen LogP) is 3.37. The van der Waals surface area contributed by atoms with Gasteiger partial charge in [0.2, 0.25) is 0 Å². The molecule has 5 heteroatoms. The highest BCUT2D eigenvalue weighted by Crippen LogP contribution is 2.10. The van der Waals surface area contributed by atoms with Crippen molar-refractivity contribution in [3.63, 3.8) is 0 Å².